The maximum Gasteiger partial charge on any atom is 0.240 e. The van der Waals surface area contributed by atoms with Gasteiger partial charge in [0.25, 0.3) is 0 Å². The van der Waals surface area contributed by atoms with Crippen LogP contribution in [0.3, 0.4) is 0 Å². The van der Waals surface area contributed by atoms with E-state index in [1.807, 2.05) is 0 Å². The van der Waals surface area contributed by atoms with Crippen molar-refractivity contribution in [2.45, 2.75) is 32.1 Å². The van der Waals surface area contributed by atoms with Crippen LogP contribution >= 0.6 is 15.9 Å². The van der Waals surface area contributed by atoms with Crippen molar-refractivity contribution in [3.63, 3.8) is 0 Å². The molecule has 0 N–H and O–H groups in total. The minimum Gasteiger partial charge on any atom is -0.274 e. The molecule has 0 atom stereocenters. The van der Waals surface area contributed by atoms with Crippen LogP contribution in [0.15, 0.2) is 22.7 Å². The molecule has 1 saturated carbocycles. The lowest BCUT2D eigenvalue weighted by Crippen LogP contribution is -2.34. The third-order valence-electron chi connectivity index (χ3n) is 4.11. The number of imide groups is 1. The average molecular weight is 326 g/mol. The molecule has 0 bridgehead atoms. The second kappa shape index (κ2) is 4.40. The molecule has 19 heavy (non-hydrogen) atoms. The summed E-state index contributed by atoms with van der Waals surface area (Å²) in [5, 5.41) is 0. The zero-order valence-electron chi connectivity index (χ0n) is 10.3. The van der Waals surface area contributed by atoms with Gasteiger partial charge in [-0.3, -0.25) is 9.59 Å². The highest BCUT2D eigenvalue weighted by Crippen LogP contribution is 2.48. The molecule has 2 fully saturated rings. The Hall–Kier alpha value is -1.23. The van der Waals surface area contributed by atoms with Gasteiger partial charge in [-0.1, -0.05) is 28.8 Å². The summed E-state index contributed by atoms with van der Waals surface area (Å²) in [6.45, 7) is 0. The van der Waals surface area contributed by atoms with Crippen LogP contribution in [0.5, 0.6) is 0 Å². The van der Waals surface area contributed by atoms with Gasteiger partial charge in [-0.15, -0.1) is 0 Å². The highest BCUT2D eigenvalue weighted by Gasteiger charge is 2.53. The van der Waals surface area contributed by atoms with Gasteiger partial charge in [0.1, 0.15) is 5.82 Å². The number of amides is 2. The molecule has 1 spiro atoms. The maximum absolute atomic E-state index is 13.9. The van der Waals surface area contributed by atoms with Crippen molar-refractivity contribution in [2.24, 2.45) is 5.41 Å². The first-order valence-corrected chi connectivity index (χ1v) is 7.15. The summed E-state index contributed by atoms with van der Waals surface area (Å²) in [4.78, 5) is 25.6. The fourth-order valence-corrected chi connectivity index (χ4v) is 3.48. The summed E-state index contributed by atoms with van der Waals surface area (Å²) in [6.07, 6.45) is 3.64. The van der Waals surface area contributed by atoms with Gasteiger partial charge in [0.2, 0.25) is 11.8 Å². The van der Waals surface area contributed by atoms with Crippen LogP contribution in [0.25, 0.3) is 0 Å². The maximum atomic E-state index is 13.9. The van der Waals surface area contributed by atoms with Crippen molar-refractivity contribution in [2.75, 3.05) is 4.90 Å². The Bertz CT molecular complexity index is 567. The lowest BCUT2D eigenvalue weighted by atomic mass is 9.84. The summed E-state index contributed by atoms with van der Waals surface area (Å²) in [5.74, 6) is -1.06. The highest BCUT2D eigenvalue weighted by molar-refractivity contribution is 9.10. The Labute approximate surface area is 118 Å². The van der Waals surface area contributed by atoms with Gasteiger partial charge in [0.05, 0.1) is 11.1 Å². The van der Waals surface area contributed by atoms with Crippen molar-refractivity contribution in [1.29, 1.82) is 0 Å². The first-order valence-electron chi connectivity index (χ1n) is 6.36. The summed E-state index contributed by atoms with van der Waals surface area (Å²) in [5.41, 5.74) is -0.488. The van der Waals surface area contributed by atoms with E-state index in [9.17, 15) is 14.0 Å². The SMILES string of the molecule is O=C1CC2(CCCC2)C(=O)N1c1ccc(Br)cc1F. The van der Waals surface area contributed by atoms with Crippen molar-refractivity contribution in [1.82, 2.24) is 0 Å². The molecular weight excluding hydrogens is 313 g/mol. The number of rotatable bonds is 1. The molecule has 1 aromatic rings. The molecule has 0 unspecified atom stereocenters. The van der Waals surface area contributed by atoms with E-state index >= 15 is 0 Å². The number of benzene rings is 1. The van der Waals surface area contributed by atoms with Gasteiger partial charge in [0.15, 0.2) is 0 Å². The molecule has 0 aromatic heterocycles. The molecule has 2 amide bonds. The summed E-state index contributed by atoms with van der Waals surface area (Å²) in [7, 11) is 0. The van der Waals surface area contributed by atoms with Crippen LogP contribution in [0, 0.1) is 11.2 Å². The fourth-order valence-electron chi connectivity index (χ4n) is 3.14. The van der Waals surface area contributed by atoms with E-state index in [0.717, 1.165) is 30.6 Å². The van der Waals surface area contributed by atoms with Crippen LogP contribution in [0.2, 0.25) is 0 Å². The standard InChI is InChI=1S/C14H13BrFNO2/c15-9-3-4-11(10(16)7-9)17-12(18)8-14(13(17)19)5-1-2-6-14/h3-4,7H,1-2,5-6,8H2. The lowest BCUT2D eigenvalue weighted by Gasteiger charge is -2.21. The van der Waals surface area contributed by atoms with Crippen molar-refractivity contribution in [3.05, 3.63) is 28.5 Å². The Morgan fingerprint density at radius 3 is 2.53 bits per heavy atom. The van der Waals surface area contributed by atoms with Crippen LogP contribution in [-0.4, -0.2) is 11.8 Å². The normalized spacial score (nSPS) is 21.7. The average Bonchev–Trinajstić information content (AvgIpc) is 2.89. The monoisotopic (exact) mass is 325 g/mol. The third kappa shape index (κ3) is 1.91. The molecule has 1 aliphatic carbocycles. The lowest BCUT2D eigenvalue weighted by molar-refractivity contribution is -0.125. The summed E-state index contributed by atoms with van der Waals surface area (Å²) in [6, 6.07) is 4.39. The van der Waals surface area contributed by atoms with Gasteiger partial charge in [-0.25, -0.2) is 9.29 Å². The summed E-state index contributed by atoms with van der Waals surface area (Å²) < 4.78 is 14.5. The van der Waals surface area contributed by atoms with Crippen molar-refractivity contribution >= 4 is 33.4 Å². The van der Waals surface area contributed by atoms with Crippen molar-refractivity contribution in [3.8, 4) is 0 Å². The molecule has 1 aliphatic heterocycles. The van der Waals surface area contributed by atoms with Gasteiger partial charge >= 0.3 is 0 Å². The zero-order valence-corrected chi connectivity index (χ0v) is 11.9. The molecule has 5 heteroatoms. The molecule has 3 rings (SSSR count). The first kappa shape index (κ1) is 12.8. The quantitative estimate of drug-likeness (QED) is 0.742. The van der Waals surface area contributed by atoms with Gasteiger partial charge in [-0.05, 0) is 31.0 Å². The van der Waals surface area contributed by atoms with E-state index in [1.54, 1.807) is 6.07 Å². The molecular formula is C14H13BrFNO2. The predicted octanol–water partition coefficient (Wildman–Crippen LogP) is 3.41. The molecule has 1 aromatic carbocycles. The van der Waals surface area contributed by atoms with E-state index in [2.05, 4.69) is 15.9 Å². The molecule has 1 heterocycles. The topological polar surface area (TPSA) is 37.4 Å². The van der Waals surface area contributed by atoms with Gasteiger partial charge < -0.3 is 0 Å². The molecule has 3 nitrogen and oxygen atoms in total. The second-order valence-electron chi connectivity index (χ2n) is 5.29. The minimum atomic E-state index is -0.559. The van der Waals surface area contributed by atoms with Crippen LogP contribution in [0.4, 0.5) is 10.1 Å². The molecule has 1 saturated heterocycles. The Kier molecular flexibility index (Phi) is 2.96. The number of carbonyl (C=O) groups excluding carboxylic acids is 2. The van der Waals surface area contributed by atoms with Crippen LogP contribution in [0.1, 0.15) is 32.1 Å². The van der Waals surface area contributed by atoms with E-state index in [-0.39, 0.29) is 23.9 Å². The first-order chi connectivity index (χ1) is 9.03. The molecule has 100 valence electrons. The van der Waals surface area contributed by atoms with E-state index in [0.29, 0.717) is 4.47 Å². The third-order valence-corrected chi connectivity index (χ3v) is 4.60. The summed E-state index contributed by atoms with van der Waals surface area (Å²) >= 11 is 3.17. The number of carbonyl (C=O) groups is 2. The highest BCUT2D eigenvalue weighted by atomic mass is 79.9. The van der Waals surface area contributed by atoms with Gasteiger partial charge in [0, 0.05) is 10.9 Å². The molecule has 0 radical (unpaired) electrons. The second-order valence-corrected chi connectivity index (χ2v) is 6.21. The fraction of sp³-hybridized carbons (Fsp3) is 0.429. The van der Waals surface area contributed by atoms with E-state index < -0.39 is 11.2 Å². The number of halogens is 2. The Morgan fingerprint density at radius 2 is 1.89 bits per heavy atom. The molecule has 2 aliphatic rings. The van der Waals surface area contributed by atoms with Crippen molar-refractivity contribution < 1.29 is 14.0 Å². The predicted molar refractivity (Wildman–Crippen MR) is 72.1 cm³/mol. The zero-order chi connectivity index (χ0) is 13.6. The number of nitrogens with zero attached hydrogens (tertiary/aromatic N) is 1. The van der Waals surface area contributed by atoms with Crippen LogP contribution < -0.4 is 4.90 Å². The van der Waals surface area contributed by atoms with Gasteiger partial charge in [-0.2, -0.15) is 0 Å². The number of anilines is 1. The van der Waals surface area contributed by atoms with Crippen LogP contribution in [-0.2, 0) is 9.59 Å². The Balaban J connectivity index is 2.01. The number of hydrogen-bond acceptors (Lipinski definition) is 2. The van der Waals surface area contributed by atoms with E-state index in [1.165, 1.54) is 12.1 Å². The minimum absolute atomic E-state index is 0.0713. The number of hydrogen-bond donors (Lipinski definition) is 0. The van der Waals surface area contributed by atoms with E-state index in [4.69, 9.17) is 0 Å². The Morgan fingerprint density at radius 1 is 1.21 bits per heavy atom. The smallest absolute Gasteiger partial charge is 0.240 e. The largest absolute Gasteiger partial charge is 0.274 e.